The second kappa shape index (κ2) is 5.67. The topological polar surface area (TPSA) is 44.2 Å². The van der Waals surface area contributed by atoms with E-state index in [0.717, 1.165) is 5.75 Å². The number of halogens is 1. The zero-order valence-corrected chi connectivity index (χ0v) is 12.7. The van der Waals surface area contributed by atoms with Gasteiger partial charge in [0.25, 0.3) is 0 Å². The first-order valence-corrected chi connectivity index (χ1v) is 6.63. The molecule has 0 fully saturated rings. The molecule has 1 aromatic carbocycles. The number of benzene rings is 1. The molecule has 2 rings (SSSR count). The Hall–Kier alpha value is -1.81. The Bertz CT molecular complexity index is 609. The normalized spacial score (nSPS) is 11.2. The monoisotopic (exact) mass is 292 g/mol. The van der Waals surface area contributed by atoms with Gasteiger partial charge in [-0.05, 0) is 12.1 Å². The van der Waals surface area contributed by atoms with Gasteiger partial charge in [-0.2, -0.15) is 4.98 Å². The van der Waals surface area contributed by atoms with Crippen LogP contribution >= 0.6 is 11.6 Å². The second-order valence-electron chi connectivity index (χ2n) is 5.38. The first-order valence-electron chi connectivity index (χ1n) is 6.25. The van der Waals surface area contributed by atoms with E-state index >= 15 is 0 Å². The lowest BCUT2D eigenvalue weighted by atomic mass is 9.96. The summed E-state index contributed by atoms with van der Waals surface area (Å²) in [4.78, 5) is 8.63. The first kappa shape index (κ1) is 14.6. The van der Waals surface area contributed by atoms with Crippen LogP contribution in [0.2, 0.25) is 5.15 Å². The average Bonchev–Trinajstić information content (AvgIpc) is 2.37. The smallest absolute Gasteiger partial charge is 0.224 e. The number of rotatable bonds is 3. The molecule has 0 aliphatic rings. The van der Waals surface area contributed by atoms with Gasteiger partial charge in [0.05, 0.1) is 7.11 Å². The third kappa shape index (κ3) is 3.61. The van der Waals surface area contributed by atoms with Crippen molar-refractivity contribution in [2.75, 3.05) is 7.11 Å². The van der Waals surface area contributed by atoms with Gasteiger partial charge in [0.15, 0.2) is 0 Å². The van der Waals surface area contributed by atoms with Crippen LogP contribution in [-0.4, -0.2) is 17.1 Å². The van der Waals surface area contributed by atoms with E-state index in [1.807, 2.05) is 39.0 Å². The highest BCUT2D eigenvalue weighted by Crippen LogP contribution is 2.27. The van der Waals surface area contributed by atoms with Gasteiger partial charge in [0, 0.05) is 17.5 Å². The summed E-state index contributed by atoms with van der Waals surface area (Å²) in [5, 5.41) is 0.364. The lowest BCUT2D eigenvalue weighted by Gasteiger charge is -2.17. The molecule has 1 heterocycles. The third-order valence-corrected chi connectivity index (χ3v) is 2.80. The van der Waals surface area contributed by atoms with Gasteiger partial charge in [-0.1, -0.05) is 38.4 Å². The molecular weight excluding hydrogens is 276 g/mol. The number of hydrogen-bond donors (Lipinski definition) is 0. The number of hydrogen-bond acceptors (Lipinski definition) is 4. The highest BCUT2D eigenvalue weighted by atomic mass is 35.5. The Kier molecular flexibility index (Phi) is 4.14. The molecule has 0 amide bonds. The van der Waals surface area contributed by atoms with Gasteiger partial charge < -0.3 is 9.47 Å². The van der Waals surface area contributed by atoms with Gasteiger partial charge in [-0.25, -0.2) is 4.98 Å². The molecule has 4 nitrogen and oxygen atoms in total. The Morgan fingerprint density at radius 1 is 1.05 bits per heavy atom. The fourth-order valence-electron chi connectivity index (χ4n) is 1.57. The lowest BCUT2D eigenvalue weighted by Crippen LogP contribution is -2.16. The molecule has 106 valence electrons. The number of aromatic nitrogens is 2. The molecule has 0 saturated carbocycles. The highest BCUT2D eigenvalue weighted by Gasteiger charge is 2.19. The van der Waals surface area contributed by atoms with Crippen LogP contribution in [-0.2, 0) is 5.41 Å². The van der Waals surface area contributed by atoms with E-state index < -0.39 is 0 Å². The van der Waals surface area contributed by atoms with Crippen LogP contribution in [0, 0.1) is 0 Å². The standard InChI is InChI=1S/C15H17ClN2O2/c1-15(2,3)14-17-12(16)9-13(18-14)20-11-7-5-6-10(8-11)19-4/h5-9H,1-4H3. The Labute approximate surface area is 123 Å². The summed E-state index contributed by atoms with van der Waals surface area (Å²) in [6.45, 7) is 6.07. The van der Waals surface area contributed by atoms with E-state index in [2.05, 4.69) is 9.97 Å². The minimum Gasteiger partial charge on any atom is -0.497 e. The van der Waals surface area contributed by atoms with Crippen LogP contribution in [0.25, 0.3) is 0 Å². The van der Waals surface area contributed by atoms with Crippen LogP contribution in [0.5, 0.6) is 17.4 Å². The number of methoxy groups -OCH3 is 1. The molecule has 0 radical (unpaired) electrons. The van der Waals surface area contributed by atoms with Gasteiger partial charge in [0.1, 0.15) is 22.5 Å². The first-order chi connectivity index (χ1) is 9.38. The third-order valence-electron chi connectivity index (χ3n) is 2.61. The fourth-order valence-corrected chi connectivity index (χ4v) is 1.74. The summed E-state index contributed by atoms with van der Waals surface area (Å²) in [7, 11) is 1.61. The molecule has 2 aromatic rings. The number of nitrogens with zero attached hydrogens (tertiary/aromatic N) is 2. The number of ether oxygens (including phenoxy) is 2. The predicted molar refractivity (Wildman–Crippen MR) is 78.8 cm³/mol. The molecular formula is C15H17ClN2O2. The maximum absolute atomic E-state index is 6.03. The largest absolute Gasteiger partial charge is 0.497 e. The maximum Gasteiger partial charge on any atom is 0.224 e. The van der Waals surface area contributed by atoms with Crippen molar-refractivity contribution in [3.8, 4) is 17.4 Å². The average molecular weight is 293 g/mol. The molecule has 0 aliphatic heterocycles. The van der Waals surface area contributed by atoms with E-state index in [1.165, 1.54) is 0 Å². The van der Waals surface area contributed by atoms with Gasteiger partial charge in [-0.3, -0.25) is 0 Å². The predicted octanol–water partition coefficient (Wildman–Crippen LogP) is 4.23. The van der Waals surface area contributed by atoms with E-state index in [-0.39, 0.29) is 5.41 Å². The Balaban J connectivity index is 2.31. The summed E-state index contributed by atoms with van der Waals surface area (Å²) >= 11 is 6.03. The molecule has 5 heteroatoms. The van der Waals surface area contributed by atoms with Crippen LogP contribution in [0.15, 0.2) is 30.3 Å². The van der Waals surface area contributed by atoms with E-state index in [4.69, 9.17) is 21.1 Å². The minimum atomic E-state index is -0.197. The van der Waals surface area contributed by atoms with Crippen LogP contribution in [0.3, 0.4) is 0 Å². The SMILES string of the molecule is COc1cccc(Oc2cc(Cl)nc(C(C)(C)C)n2)c1. The van der Waals surface area contributed by atoms with Gasteiger partial charge >= 0.3 is 0 Å². The summed E-state index contributed by atoms with van der Waals surface area (Å²) in [5.41, 5.74) is -0.197. The summed E-state index contributed by atoms with van der Waals surface area (Å²) < 4.78 is 10.9. The molecule has 0 saturated heterocycles. The Morgan fingerprint density at radius 3 is 2.40 bits per heavy atom. The van der Waals surface area contributed by atoms with E-state index in [9.17, 15) is 0 Å². The summed E-state index contributed by atoms with van der Waals surface area (Å²) in [5.74, 6) is 2.42. The van der Waals surface area contributed by atoms with Crippen LogP contribution < -0.4 is 9.47 Å². The molecule has 20 heavy (non-hydrogen) atoms. The van der Waals surface area contributed by atoms with Crippen molar-refractivity contribution >= 4 is 11.6 Å². The van der Waals surface area contributed by atoms with Crippen molar-refractivity contribution in [2.45, 2.75) is 26.2 Å². The molecule has 0 atom stereocenters. The molecule has 0 aliphatic carbocycles. The molecule has 0 spiro atoms. The molecule has 0 unspecified atom stereocenters. The molecule has 1 aromatic heterocycles. The fraction of sp³-hybridized carbons (Fsp3) is 0.333. The zero-order chi connectivity index (χ0) is 14.8. The van der Waals surface area contributed by atoms with Gasteiger partial charge in [-0.15, -0.1) is 0 Å². The lowest BCUT2D eigenvalue weighted by molar-refractivity contribution is 0.406. The minimum absolute atomic E-state index is 0.197. The van der Waals surface area contributed by atoms with E-state index in [0.29, 0.717) is 22.6 Å². The zero-order valence-electron chi connectivity index (χ0n) is 12.0. The van der Waals surface area contributed by atoms with Crippen molar-refractivity contribution < 1.29 is 9.47 Å². The summed E-state index contributed by atoms with van der Waals surface area (Å²) in [6, 6.07) is 8.90. The van der Waals surface area contributed by atoms with Crippen molar-refractivity contribution in [3.05, 3.63) is 41.3 Å². The second-order valence-corrected chi connectivity index (χ2v) is 5.77. The quantitative estimate of drug-likeness (QED) is 0.794. The van der Waals surface area contributed by atoms with Gasteiger partial charge in [0.2, 0.25) is 5.88 Å². The maximum atomic E-state index is 6.03. The van der Waals surface area contributed by atoms with Crippen molar-refractivity contribution in [1.82, 2.24) is 9.97 Å². The van der Waals surface area contributed by atoms with Crippen molar-refractivity contribution in [3.63, 3.8) is 0 Å². The molecule has 0 bridgehead atoms. The van der Waals surface area contributed by atoms with Crippen LogP contribution in [0.4, 0.5) is 0 Å². The Morgan fingerprint density at radius 2 is 1.75 bits per heavy atom. The summed E-state index contributed by atoms with van der Waals surface area (Å²) in [6.07, 6.45) is 0. The van der Waals surface area contributed by atoms with Crippen LogP contribution in [0.1, 0.15) is 26.6 Å². The van der Waals surface area contributed by atoms with Crippen molar-refractivity contribution in [1.29, 1.82) is 0 Å². The van der Waals surface area contributed by atoms with E-state index in [1.54, 1.807) is 19.2 Å². The highest BCUT2D eigenvalue weighted by molar-refractivity contribution is 6.29. The van der Waals surface area contributed by atoms with Crippen molar-refractivity contribution in [2.24, 2.45) is 0 Å². The molecule has 0 N–H and O–H groups in total.